The van der Waals surface area contributed by atoms with E-state index in [1.807, 2.05) is 30.3 Å². The molecule has 2 aromatic heterocycles. The number of thiophene rings is 1. The third-order valence-electron chi connectivity index (χ3n) is 5.43. The van der Waals surface area contributed by atoms with E-state index in [4.69, 9.17) is 4.74 Å². The Morgan fingerprint density at radius 1 is 1.18 bits per heavy atom. The molecule has 4 rings (SSSR count). The fourth-order valence-corrected chi connectivity index (χ4v) is 4.99. The lowest BCUT2D eigenvalue weighted by Crippen LogP contribution is -2.22. The smallest absolute Gasteiger partial charge is 0.435 e. The quantitative estimate of drug-likeness (QED) is 0.488. The molecule has 1 amide bonds. The van der Waals surface area contributed by atoms with Crippen molar-refractivity contribution in [2.45, 2.75) is 45.3 Å². The SMILES string of the molecule is CCOC(=O)c1c(-c2ccccc2)csc1NC(=O)Cn1nc(C(F)(F)F)c2c1CCCC2. The van der Waals surface area contributed by atoms with Crippen molar-refractivity contribution in [2.75, 3.05) is 11.9 Å². The molecule has 174 valence electrons. The van der Waals surface area contributed by atoms with Gasteiger partial charge in [-0.15, -0.1) is 11.3 Å². The maximum atomic E-state index is 13.4. The van der Waals surface area contributed by atoms with E-state index in [1.165, 1.54) is 0 Å². The Labute approximate surface area is 192 Å². The number of hydrogen-bond acceptors (Lipinski definition) is 5. The number of fused-ring (bicyclic) bond motifs is 1. The number of aromatic nitrogens is 2. The number of halogens is 3. The summed E-state index contributed by atoms with van der Waals surface area (Å²) in [5.41, 5.74) is 1.33. The molecule has 6 nitrogen and oxygen atoms in total. The molecule has 1 N–H and O–H groups in total. The third-order valence-corrected chi connectivity index (χ3v) is 6.32. The lowest BCUT2D eigenvalue weighted by molar-refractivity contribution is -0.142. The number of nitrogens with one attached hydrogen (secondary N) is 1. The summed E-state index contributed by atoms with van der Waals surface area (Å²) in [6, 6.07) is 9.19. The molecular formula is C23H22F3N3O3S. The predicted octanol–water partition coefficient (Wildman–Crippen LogP) is 5.32. The van der Waals surface area contributed by atoms with Crippen LogP contribution in [0.15, 0.2) is 35.7 Å². The van der Waals surface area contributed by atoms with Crippen LogP contribution in [0.3, 0.4) is 0 Å². The second-order valence-corrected chi connectivity index (χ2v) is 8.50. The lowest BCUT2D eigenvalue weighted by atomic mass is 9.95. The number of anilines is 1. The zero-order valence-electron chi connectivity index (χ0n) is 17.9. The van der Waals surface area contributed by atoms with Crippen molar-refractivity contribution in [3.63, 3.8) is 0 Å². The molecule has 0 bridgehead atoms. The standard InChI is InChI=1S/C23H22F3N3O3S/c1-2-32-22(31)19-16(14-8-4-3-5-9-14)13-33-21(19)27-18(30)12-29-17-11-7-6-10-15(17)20(28-29)23(24,25)26/h3-5,8-9,13H,2,6-7,10-12H2,1H3,(H,27,30). The predicted molar refractivity (Wildman–Crippen MR) is 118 cm³/mol. The molecule has 3 aromatic rings. The van der Waals surface area contributed by atoms with E-state index in [-0.39, 0.29) is 29.3 Å². The molecule has 0 fully saturated rings. The van der Waals surface area contributed by atoms with Crippen LogP contribution < -0.4 is 5.32 Å². The van der Waals surface area contributed by atoms with Crippen LogP contribution in [-0.2, 0) is 35.1 Å². The van der Waals surface area contributed by atoms with Crippen LogP contribution in [0.1, 0.15) is 47.1 Å². The number of alkyl halides is 3. The van der Waals surface area contributed by atoms with Crippen molar-refractivity contribution in [1.29, 1.82) is 0 Å². The topological polar surface area (TPSA) is 73.2 Å². The van der Waals surface area contributed by atoms with Gasteiger partial charge in [0.25, 0.3) is 0 Å². The minimum atomic E-state index is -4.57. The second-order valence-electron chi connectivity index (χ2n) is 7.62. The first kappa shape index (κ1) is 23.0. The number of carbonyl (C=O) groups is 2. The number of esters is 1. The fourth-order valence-electron chi connectivity index (χ4n) is 4.02. The van der Waals surface area contributed by atoms with Gasteiger partial charge in [0.05, 0.1) is 6.61 Å². The maximum absolute atomic E-state index is 13.4. The monoisotopic (exact) mass is 477 g/mol. The van der Waals surface area contributed by atoms with E-state index < -0.39 is 23.7 Å². The number of hydrogen-bond donors (Lipinski definition) is 1. The first-order chi connectivity index (χ1) is 15.8. The minimum absolute atomic E-state index is 0.163. The number of carbonyl (C=O) groups excluding carboxylic acids is 2. The highest BCUT2D eigenvalue weighted by atomic mass is 32.1. The van der Waals surface area contributed by atoms with Gasteiger partial charge in [-0.2, -0.15) is 18.3 Å². The van der Waals surface area contributed by atoms with Crippen molar-refractivity contribution < 1.29 is 27.5 Å². The zero-order valence-corrected chi connectivity index (χ0v) is 18.7. The summed E-state index contributed by atoms with van der Waals surface area (Å²) in [6.45, 7) is 1.47. The van der Waals surface area contributed by atoms with Crippen molar-refractivity contribution in [2.24, 2.45) is 0 Å². The number of benzene rings is 1. The van der Waals surface area contributed by atoms with Gasteiger partial charge in [0.1, 0.15) is 17.1 Å². The highest BCUT2D eigenvalue weighted by molar-refractivity contribution is 7.15. The summed E-state index contributed by atoms with van der Waals surface area (Å²) in [4.78, 5) is 25.5. The molecule has 1 aromatic carbocycles. The van der Waals surface area contributed by atoms with E-state index in [0.717, 1.165) is 28.0 Å². The van der Waals surface area contributed by atoms with Gasteiger partial charge in [-0.05, 0) is 38.2 Å². The van der Waals surface area contributed by atoms with E-state index in [0.29, 0.717) is 30.5 Å². The van der Waals surface area contributed by atoms with E-state index in [2.05, 4.69) is 10.4 Å². The summed E-state index contributed by atoms with van der Waals surface area (Å²) in [7, 11) is 0. The largest absolute Gasteiger partial charge is 0.462 e. The molecule has 33 heavy (non-hydrogen) atoms. The molecule has 0 spiro atoms. The van der Waals surface area contributed by atoms with Crippen LogP contribution in [0.25, 0.3) is 11.1 Å². The zero-order chi connectivity index (χ0) is 23.6. The van der Waals surface area contributed by atoms with Gasteiger partial charge in [0, 0.05) is 22.2 Å². The second kappa shape index (κ2) is 9.38. The van der Waals surface area contributed by atoms with Crippen LogP contribution in [0, 0.1) is 0 Å². The van der Waals surface area contributed by atoms with E-state index in [9.17, 15) is 22.8 Å². The molecule has 2 heterocycles. The number of ether oxygens (including phenoxy) is 1. The van der Waals surface area contributed by atoms with Crippen LogP contribution in [0.2, 0.25) is 0 Å². The molecule has 1 aliphatic carbocycles. The Morgan fingerprint density at radius 2 is 1.91 bits per heavy atom. The first-order valence-corrected chi connectivity index (χ1v) is 11.5. The van der Waals surface area contributed by atoms with Gasteiger partial charge in [-0.1, -0.05) is 30.3 Å². The molecule has 0 radical (unpaired) electrons. The molecule has 0 aliphatic heterocycles. The molecule has 0 unspecified atom stereocenters. The average Bonchev–Trinajstić information content (AvgIpc) is 3.36. The molecule has 0 saturated heterocycles. The molecule has 1 aliphatic rings. The average molecular weight is 478 g/mol. The maximum Gasteiger partial charge on any atom is 0.435 e. The first-order valence-electron chi connectivity index (χ1n) is 10.6. The Kier molecular flexibility index (Phi) is 6.55. The Bertz CT molecular complexity index is 1170. The van der Waals surface area contributed by atoms with Crippen molar-refractivity contribution in [3.05, 3.63) is 58.2 Å². The summed E-state index contributed by atoms with van der Waals surface area (Å²) >= 11 is 1.16. The third kappa shape index (κ3) is 4.80. The molecule has 0 atom stereocenters. The number of amides is 1. The Balaban J connectivity index is 1.62. The van der Waals surface area contributed by atoms with Gasteiger partial charge in [-0.3, -0.25) is 9.48 Å². The molecule has 0 saturated carbocycles. The molecule has 10 heteroatoms. The summed E-state index contributed by atoms with van der Waals surface area (Å²) in [6.07, 6.45) is -2.43. The summed E-state index contributed by atoms with van der Waals surface area (Å²) in [5.74, 6) is -1.14. The van der Waals surface area contributed by atoms with E-state index in [1.54, 1.807) is 12.3 Å². The normalized spacial score (nSPS) is 13.5. The summed E-state index contributed by atoms with van der Waals surface area (Å²) in [5, 5.41) is 8.44. The summed E-state index contributed by atoms with van der Waals surface area (Å²) < 4.78 is 46.6. The van der Waals surface area contributed by atoms with Crippen molar-refractivity contribution >= 4 is 28.2 Å². The van der Waals surface area contributed by atoms with Gasteiger partial charge in [-0.25, -0.2) is 4.79 Å². The lowest BCUT2D eigenvalue weighted by Gasteiger charge is -2.14. The minimum Gasteiger partial charge on any atom is -0.462 e. The van der Waals surface area contributed by atoms with Gasteiger partial charge in [0.2, 0.25) is 5.91 Å². The highest BCUT2D eigenvalue weighted by Crippen LogP contribution is 2.37. The van der Waals surface area contributed by atoms with Gasteiger partial charge in [0.15, 0.2) is 5.69 Å². The van der Waals surface area contributed by atoms with Crippen LogP contribution in [-0.4, -0.2) is 28.3 Å². The van der Waals surface area contributed by atoms with Crippen LogP contribution in [0.4, 0.5) is 18.2 Å². The van der Waals surface area contributed by atoms with Crippen LogP contribution >= 0.6 is 11.3 Å². The van der Waals surface area contributed by atoms with Crippen LogP contribution in [0.5, 0.6) is 0 Å². The van der Waals surface area contributed by atoms with Gasteiger partial charge >= 0.3 is 12.1 Å². The van der Waals surface area contributed by atoms with E-state index >= 15 is 0 Å². The Morgan fingerprint density at radius 3 is 2.61 bits per heavy atom. The van der Waals surface area contributed by atoms with Crippen molar-refractivity contribution in [3.8, 4) is 11.1 Å². The number of nitrogens with zero attached hydrogens (tertiary/aromatic N) is 2. The van der Waals surface area contributed by atoms with Crippen molar-refractivity contribution in [1.82, 2.24) is 9.78 Å². The molecular weight excluding hydrogens is 455 g/mol. The Hall–Kier alpha value is -3.14. The fraction of sp³-hybridized carbons (Fsp3) is 0.348. The number of rotatable bonds is 6. The highest BCUT2D eigenvalue weighted by Gasteiger charge is 2.39. The van der Waals surface area contributed by atoms with Gasteiger partial charge < -0.3 is 10.1 Å².